The number of nitrogens with one attached hydrogen (secondary N) is 1. The zero-order chi connectivity index (χ0) is 20.7. The third kappa shape index (κ3) is 6.44. The highest BCUT2D eigenvalue weighted by atomic mass is 79.9. The van der Waals surface area contributed by atoms with Gasteiger partial charge in [0.1, 0.15) is 11.9 Å². The molecular formula is C22H26BrFN2O2. The van der Waals surface area contributed by atoms with Crippen LogP contribution in [0, 0.1) is 5.82 Å². The quantitative estimate of drug-likeness (QED) is 0.647. The Morgan fingerprint density at radius 3 is 2.18 bits per heavy atom. The van der Waals surface area contributed by atoms with Crippen molar-refractivity contribution in [2.45, 2.75) is 52.2 Å². The van der Waals surface area contributed by atoms with E-state index in [0.717, 1.165) is 16.5 Å². The first kappa shape index (κ1) is 22.1. The molecule has 2 aromatic carbocycles. The maximum absolute atomic E-state index is 13.1. The number of nitrogens with zero attached hydrogens (tertiary/aromatic N) is 1. The Balaban J connectivity index is 2.20. The number of amides is 2. The summed E-state index contributed by atoms with van der Waals surface area (Å²) in [7, 11) is 0. The van der Waals surface area contributed by atoms with Crippen LogP contribution < -0.4 is 5.32 Å². The number of halogens is 2. The van der Waals surface area contributed by atoms with Gasteiger partial charge in [-0.3, -0.25) is 9.59 Å². The molecule has 0 heterocycles. The normalized spacial score (nSPS) is 12.9. The Bertz CT molecular complexity index is 793. The highest BCUT2D eigenvalue weighted by Crippen LogP contribution is 2.16. The molecule has 0 saturated carbocycles. The van der Waals surface area contributed by atoms with Crippen LogP contribution >= 0.6 is 15.9 Å². The molecule has 2 atom stereocenters. The molecule has 0 fully saturated rings. The minimum Gasteiger partial charge on any atom is -0.352 e. The Hall–Kier alpha value is -2.21. The SMILES string of the molecule is CCC(C)NC(=O)C(C)N(Cc1ccc(Br)cc1)C(=O)Cc1ccc(F)cc1. The molecule has 0 radical (unpaired) electrons. The summed E-state index contributed by atoms with van der Waals surface area (Å²) in [5.41, 5.74) is 1.64. The molecule has 2 aromatic rings. The fraction of sp³-hybridized carbons (Fsp3) is 0.364. The second-order valence-electron chi connectivity index (χ2n) is 6.95. The first-order chi connectivity index (χ1) is 13.3. The van der Waals surface area contributed by atoms with Gasteiger partial charge in [-0.25, -0.2) is 4.39 Å². The van der Waals surface area contributed by atoms with Crippen molar-refractivity contribution < 1.29 is 14.0 Å². The van der Waals surface area contributed by atoms with Crippen molar-refractivity contribution in [2.24, 2.45) is 0 Å². The van der Waals surface area contributed by atoms with Gasteiger partial charge in [0, 0.05) is 17.1 Å². The molecule has 4 nitrogen and oxygen atoms in total. The Kier molecular flexibility index (Phi) is 8.18. The van der Waals surface area contributed by atoms with Gasteiger partial charge in [0.05, 0.1) is 6.42 Å². The van der Waals surface area contributed by atoms with Gasteiger partial charge in [0.2, 0.25) is 11.8 Å². The molecule has 6 heteroatoms. The highest BCUT2D eigenvalue weighted by molar-refractivity contribution is 9.10. The van der Waals surface area contributed by atoms with Crippen molar-refractivity contribution in [1.29, 1.82) is 0 Å². The van der Waals surface area contributed by atoms with Gasteiger partial charge >= 0.3 is 0 Å². The standard InChI is InChI=1S/C22H26BrFN2O2/c1-4-15(2)25-22(28)16(3)26(14-18-5-9-19(23)10-6-18)21(27)13-17-7-11-20(24)12-8-17/h5-12,15-16H,4,13-14H2,1-3H3,(H,25,28). The molecule has 150 valence electrons. The lowest BCUT2D eigenvalue weighted by Crippen LogP contribution is -2.49. The van der Waals surface area contributed by atoms with Crippen LogP contribution in [0.1, 0.15) is 38.3 Å². The number of hydrogen-bond donors (Lipinski definition) is 1. The second kappa shape index (κ2) is 10.4. The summed E-state index contributed by atoms with van der Waals surface area (Å²) in [5.74, 6) is -0.704. The lowest BCUT2D eigenvalue weighted by Gasteiger charge is -2.30. The van der Waals surface area contributed by atoms with Gasteiger partial charge in [0.15, 0.2) is 0 Å². The van der Waals surface area contributed by atoms with E-state index in [1.165, 1.54) is 12.1 Å². The van der Waals surface area contributed by atoms with Crippen LogP contribution in [-0.4, -0.2) is 28.8 Å². The minimum atomic E-state index is -0.620. The molecule has 0 aliphatic carbocycles. The third-order valence-electron chi connectivity index (χ3n) is 4.70. The Morgan fingerprint density at radius 1 is 1.04 bits per heavy atom. The van der Waals surface area contributed by atoms with Crippen LogP contribution in [0.4, 0.5) is 4.39 Å². The molecule has 2 amide bonds. The van der Waals surface area contributed by atoms with E-state index in [-0.39, 0.29) is 30.1 Å². The molecule has 2 unspecified atom stereocenters. The minimum absolute atomic E-state index is 0.0386. The average molecular weight is 449 g/mol. The molecule has 0 bridgehead atoms. The van der Waals surface area contributed by atoms with E-state index in [1.807, 2.05) is 38.1 Å². The smallest absolute Gasteiger partial charge is 0.242 e. The lowest BCUT2D eigenvalue weighted by molar-refractivity contribution is -0.140. The summed E-state index contributed by atoms with van der Waals surface area (Å²) in [6.45, 7) is 5.99. The van der Waals surface area contributed by atoms with E-state index < -0.39 is 6.04 Å². The van der Waals surface area contributed by atoms with Gasteiger partial charge in [-0.05, 0) is 55.7 Å². The van der Waals surface area contributed by atoms with Gasteiger partial charge in [0.25, 0.3) is 0 Å². The van der Waals surface area contributed by atoms with Crippen molar-refractivity contribution in [1.82, 2.24) is 10.2 Å². The average Bonchev–Trinajstić information content (AvgIpc) is 2.68. The number of carbonyl (C=O) groups excluding carboxylic acids is 2. The van der Waals surface area contributed by atoms with E-state index >= 15 is 0 Å². The second-order valence-corrected chi connectivity index (χ2v) is 7.86. The summed E-state index contributed by atoms with van der Waals surface area (Å²) < 4.78 is 14.1. The molecule has 0 spiro atoms. The first-order valence-electron chi connectivity index (χ1n) is 9.39. The van der Waals surface area contributed by atoms with Crippen LogP contribution in [0.15, 0.2) is 53.0 Å². The van der Waals surface area contributed by atoms with E-state index in [1.54, 1.807) is 24.0 Å². The number of carbonyl (C=O) groups is 2. The molecule has 0 saturated heterocycles. The predicted molar refractivity (Wildman–Crippen MR) is 112 cm³/mol. The summed E-state index contributed by atoms with van der Waals surface area (Å²) in [4.78, 5) is 27.2. The number of rotatable bonds is 8. The molecule has 28 heavy (non-hydrogen) atoms. The van der Waals surface area contributed by atoms with Crippen molar-refractivity contribution in [3.05, 3.63) is 69.9 Å². The van der Waals surface area contributed by atoms with Gasteiger partial charge in [-0.2, -0.15) is 0 Å². The highest BCUT2D eigenvalue weighted by Gasteiger charge is 2.26. The third-order valence-corrected chi connectivity index (χ3v) is 5.23. The van der Waals surface area contributed by atoms with Crippen LogP contribution in [-0.2, 0) is 22.6 Å². The summed E-state index contributed by atoms with van der Waals surface area (Å²) in [5, 5.41) is 2.94. The predicted octanol–water partition coefficient (Wildman–Crippen LogP) is 4.46. The summed E-state index contributed by atoms with van der Waals surface area (Å²) >= 11 is 3.40. The lowest BCUT2D eigenvalue weighted by atomic mass is 10.1. The zero-order valence-corrected chi connectivity index (χ0v) is 18.0. The van der Waals surface area contributed by atoms with E-state index in [2.05, 4.69) is 21.2 Å². The summed E-state index contributed by atoms with van der Waals surface area (Å²) in [6, 6.07) is 12.9. The molecule has 0 aliphatic rings. The van der Waals surface area contributed by atoms with Crippen LogP contribution in [0.25, 0.3) is 0 Å². The fourth-order valence-electron chi connectivity index (χ4n) is 2.71. The van der Waals surface area contributed by atoms with Crippen LogP contribution in [0.2, 0.25) is 0 Å². The van der Waals surface area contributed by atoms with E-state index in [4.69, 9.17) is 0 Å². The fourth-order valence-corrected chi connectivity index (χ4v) is 2.98. The van der Waals surface area contributed by atoms with Gasteiger partial charge in [-0.1, -0.05) is 47.1 Å². The molecule has 1 N–H and O–H groups in total. The number of hydrogen-bond acceptors (Lipinski definition) is 2. The molecule has 2 rings (SSSR count). The molecule has 0 aliphatic heterocycles. The van der Waals surface area contributed by atoms with Crippen molar-refractivity contribution in [2.75, 3.05) is 0 Å². The van der Waals surface area contributed by atoms with E-state index in [9.17, 15) is 14.0 Å². The maximum Gasteiger partial charge on any atom is 0.242 e. The summed E-state index contributed by atoms with van der Waals surface area (Å²) in [6.07, 6.45) is 0.923. The Morgan fingerprint density at radius 2 is 1.61 bits per heavy atom. The van der Waals surface area contributed by atoms with Crippen molar-refractivity contribution >= 4 is 27.7 Å². The topological polar surface area (TPSA) is 49.4 Å². The van der Waals surface area contributed by atoms with Crippen molar-refractivity contribution in [3.8, 4) is 0 Å². The zero-order valence-electron chi connectivity index (χ0n) is 16.4. The first-order valence-corrected chi connectivity index (χ1v) is 10.2. The molecular weight excluding hydrogens is 423 g/mol. The monoisotopic (exact) mass is 448 g/mol. The van der Waals surface area contributed by atoms with E-state index in [0.29, 0.717) is 12.1 Å². The van der Waals surface area contributed by atoms with Gasteiger partial charge < -0.3 is 10.2 Å². The van der Waals surface area contributed by atoms with Crippen LogP contribution in [0.5, 0.6) is 0 Å². The Labute approximate surface area is 174 Å². The maximum atomic E-state index is 13.1. The largest absolute Gasteiger partial charge is 0.352 e. The number of benzene rings is 2. The van der Waals surface area contributed by atoms with Crippen LogP contribution in [0.3, 0.4) is 0 Å². The van der Waals surface area contributed by atoms with Gasteiger partial charge in [-0.15, -0.1) is 0 Å². The van der Waals surface area contributed by atoms with Crippen molar-refractivity contribution in [3.63, 3.8) is 0 Å². The molecule has 0 aromatic heterocycles.